The number of hydrogen-bond acceptors (Lipinski definition) is 3. The Morgan fingerprint density at radius 2 is 2.06 bits per heavy atom. The van der Waals surface area contributed by atoms with Crippen LogP contribution < -0.4 is 15.8 Å². The summed E-state index contributed by atoms with van der Waals surface area (Å²) in [4.78, 5) is 12.2. The number of carbonyl (C=O) groups is 1. The first-order valence-electron chi connectivity index (χ1n) is 5.23. The van der Waals surface area contributed by atoms with Crippen LogP contribution in [0.2, 0.25) is 0 Å². The van der Waals surface area contributed by atoms with Crippen LogP contribution in [0.3, 0.4) is 0 Å². The van der Waals surface area contributed by atoms with Gasteiger partial charge in [0.1, 0.15) is 5.75 Å². The fourth-order valence-corrected chi connectivity index (χ4v) is 1.72. The molecule has 0 heterocycles. The van der Waals surface area contributed by atoms with Crippen molar-refractivity contribution in [3.05, 3.63) is 22.7 Å². The van der Waals surface area contributed by atoms with Gasteiger partial charge in [0.05, 0.1) is 17.5 Å². The van der Waals surface area contributed by atoms with Gasteiger partial charge in [0, 0.05) is 16.2 Å². The predicted molar refractivity (Wildman–Crippen MR) is 79.9 cm³/mol. The van der Waals surface area contributed by atoms with E-state index in [1.165, 1.54) is 0 Å². The molecule has 0 saturated carbocycles. The first-order chi connectivity index (χ1) is 8.27. The highest BCUT2D eigenvalue weighted by atomic mass is 79.9. The molecule has 1 amide bonds. The Bertz CT molecular complexity index is 489. The van der Waals surface area contributed by atoms with Crippen LogP contribution in [0.15, 0.2) is 22.7 Å². The minimum atomic E-state index is -0.898. The molecule has 0 aliphatic heterocycles. The Morgan fingerprint density at radius 1 is 1.44 bits per heavy atom. The summed E-state index contributed by atoms with van der Waals surface area (Å²) in [6.45, 7) is 3.36. The van der Waals surface area contributed by atoms with E-state index in [9.17, 15) is 4.79 Å². The van der Waals surface area contributed by atoms with E-state index < -0.39 is 5.41 Å². The van der Waals surface area contributed by atoms with E-state index in [-0.39, 0.29) is 10.9 Å². The monoisotopic (exact) mass is 330 g/mol. The van der Waals surface area contributed by atoms with E-state index in [1.807, 2.05) is 0 Å². The number of methoxy groups -OCH3 is 1. The molecule has 0 aliphatic carbocycles. The fraction of sp³-hybridized carbons (Fsp3) is 0.333. The Kier molecular flexibility index (Phi) is 4.70. The van der Waals surface area contributed by atoms with Gasteiger partial charge in [-0.05, 0) is 26.0 Å². The summed E-state index contributed by atoms with van der Waals surface area (Å²) in [6, 6.07) is 5.29. The van der Waals surface area contributed by atoms with E-state index in [2.05, 4.69) is 21.2 Å². The van der Waals surface area contributed by atoms with Crippen LogP contribution in [0, 0.1) is 5.41 Å². The number of carbonyl (C=O) groups excluding carboxylic acids is 1. The molecule has 0 bridgehead atoms. The summed E-state index contributed by atoms with van der Waals surface area (Å²) in [5.74, 6) is 0.392. The second-order valence-corrected chi connectivity index (χ2v) is 5.68. The first-order valence-corrected chi connectivity index (χ1v) is 6.43. The second-order valence-electron chi connectivity index (χ2n) is 4.32. The zero-order chi connectivity index (χ0) is 13.9. The van der Waals surface area contributed by atoms with Gasteiger partial charge >= 0.3 is 0 Å². The van der Waals surface area contributed by atoms with Gasteiger partial charge in [-0.2, -0.15) is 0 Å². The van der Waals surface area contributed by atoms with E-state index >= 15 is 0 Å². The standard InChI is InChI=1S/C12H15BrN2O2S/c1-12(2,10(14)18)11(16)15-8-4-7(13)5-9(6-8)17-3/h4-6H,1-3H3,(H2,14,18)(H,15,16). The third kappa shape index (κ3) is 3.43. The van der Waals surface area contributed by atoms with Gasteiger partial charge in [-0.1, -0.05) is 28.1 Å². The molecule has 0 atom stereocenters. The Labute approximate surface area is 120 Å². The number of rotatable bonds is 4. The SMILES string of the molecule is COc1cc(Br)cc(NC(=O)C(C)(C)C(N)=S)c1. The number of ether oxygens (including phenoxy) is 1. The largest absolute Gasteiger partial charge is 0.497 e. The minimum absolute atomic E-state index is 0.155. The quantitative estimate of drug-likeness (QED) is 0.833. The van der Waals surface area contributed by atoms with Gasteiger partial charge in [0.2, 0.25) is 5.91 Å². The lowest BCUT2D eigenvalue weighted by Crippen LogP contribution is -2.41. The molecule has 98 valence electrons. The topological polar surface area (TPSA) is 64.3 Å². The van der Waals surface area contributed by atoms with E-state index in [4.69, 9.17) is 22.7 Å². The molecule has 4 nitrogen and oxygen atoms in total. The smallest absolute Gasteiger partial charge is 0.236 e. The summed E-state index contributed by atoms with van der Waals surface area (Å²) < 4.78 is 5.93. The van der Waals surface area contributed by atoms with Crippen molar-refractivity contribution in [3.63, 3.8) is 0 Å². The van der Waals surface area contributed by atoms with Crippen molar-refractivity contribution in [1.29, 1.82) is 0 Å². The first kappa shape index (κ1) is 14.9. The predicted octanol–water partition coefficient (Wildman–Crippen LogP) is 2.71. The molecule has 0 aromatic heterocycles. The molecule has 18 heavy (non-hydrogen) atoms. The molecule has 0 saturated heterocycles. The highest BCUT2D eigenvalue weighted by Gasteiger charge is 2.30. The number of nitrogens with two attached hydrogens (primary N) is 1. The summed E-state index contributed by atoms with van der Waals surface area (Å²) >= 11 is 8.22. The third-order valence-electron chi connectivity index (χ3n) is 2.55. The van der Waals surface area contributed by atoms with Crippen LogP contribution >= 0.6 is 28.1 Å². The molecule has 0 unspecified atom stereocenters. The maximum atomic E-state index is 12.1. The second kappa shape index (κ2) is 5.67. The van der Waals surface area contributed by atoms with Crippen LogP contribution in [0.5, 0.6) is 5.75 Å². The number of thiocarbonyl (C=S) groups is 1. The minimum Gasteiger partial charge on any atom is -0.497 e. The van der Waals surface area contributed by atoms with Crippen LogP contribution in [-0.4, -0.2) is 18.0 Å². The molecular formula is C12H15BrN2O2S. The summed E-state index contributed by atoms with van der Waals surface area (Å²) in [6.07, 6.45) is 0. The average molecular weight is 331 g/mol. The summed E-state index contributed by atoms with van der Waals surface area (Å²) in [5, 5.41) is 2.76. The molecule has 1 aromatic rings. The third-order valence-corrected chi connectivity index (χ3v) is 3.52. The number of anilines is 1. The van der Waals surface area contributed by atoms with E-state index in [0.29, 0.717) is 11.4 Å². The summed E-state index contributed by atoms with van der Waals surface area (Å²) in [7, 11) is 1.56. The van der Waals surface area contributed by atoms with Gasteiger partial charge in [0.15, 0.2) is 0 Å². The fourth-order valence-electron chi connectivity index (χ4n) is 1.15. The maximum Gasteiger partial charge on any atom is 0.236 e. The summed E-state index contributed by atoms with van der Waals surface area (Å²) in [5.41, 5.74) is 5.27. The van der Waals surface area contributed by atoms with E-state index in [0.717, 1.165) is 4.47 Å². The molecule has 1 rings (SSSR count). The molecule has 0 fully saturated rings. The van der Waals surface area contributed by atoms with Crippen molar-refractivity contribution in [1.82, 2.24) is 0 Å². The number of benzene rings is 1. The van der Waals surface area contributed by atoms with Gasteiger partial charge in [-0.25, -0.2) is 0 Å². The number of nitrogens with one attached hydrogen (secondary N) is 1. The molecule has 0 aliphatic rings. The van der Waals surface area contributed by atoms with Gasteiger partial charge in [-0.15, -0.1) is 0 Å². The molecule has 0 spiro atoms. The van der Waals surface area contributed by atoms with Gasteiger partial charge in [-0.3, -0.25) is 4.79 Å². The lowest BCUT2D eigenvalue weighted by atomic mass is 9.92. The van der Waals surface area contributed by atoms with Crippen LogP contribution in [0.4, 0.5) is 5.69 Å². The number of halogens is 1. The van der Waals surface area contributed by atoms with Gasteiger partial charge in [0.25, 0.3) is 0 Å². The average Bonchev–Trinajstić information content (AvgIpc) is 2.27. The normalized spacial score (nSPS) is 10.9. The van der Waals surface area contributed by atoms with Crippen molar-refractivity contribution < 1.29 is 9.53 Å². The van der Waals surface area contributed by atoms with Crippen molar-refractivity contribution in [2.45, 2.75) is 13.8 Å². The zero-order valence-electron chi connectivity index (χ0n) is 10.4. The molecular weight excluding hydrogens is 316 g/mol. The molecule has 3 N–H and O–H groups in total. The van der Waals surface area contributed by atoms with Crippen LogP contribution in [-0.2, 0) is 4.79 Å². The van der Waals surface area contributed by atoms with Crippen molar-refractivity contribution in [2.24, 2.45) is 11.1 Å². The van der Waals surface area contributed by atoms with Crippen LogP contribution in [0.1, 0.15) is 13.8 Å². The lowest BCUT2D eigenvalue weighted by Gasteiger charge is -2.22. The molecule has 6 heteroatoms. The van der Waals surface area contributed by atoms with E-state index in [1.54, 1.807) is 39.2 Å². The Balaban J connectivity index is 2.95. The van der Waals surface area contributed by atoms with Crippen molar-refractivity contribution in [2.75, 3.05) is 12.4 Å². The lowest BCUT2D eigenvalue weighted by molar-refractivity contribution is -0.121. The Hall–Kier alpha value is -1.14. The van der Waals surface area contributed by atoms with Crippen molar-refractivity contribution in [3.8, 4) is 5.75 Å². The maximum absolute atomic E-state index is 12.1. The number of amides is 1. The van der Waals surface area contributed by atoms with Crippen LogP contribution in [0.25, 0.3) is 0 Å². The van der Waals surface area contributed by atoms with Gasteiger partial charge < -0.3 is 15.8 Å². The number of hydrogen-bond donors (Lipinski definition) is 2. The highest BCUT2D eigenvalue weighted by Crippen LogP contribution is 2.26. The Morgan fingerprint density at radius 3 is 2.56 bits per heavy atom. The molecule has 0 radical (unpaired) electrons. The van der Waals surface area contributed by atoms with Crippen molar-refractivity contribution >= 4 is 44.7 Å². The zero-order valence-corrected chi connectivity index (χ0v) is 12.8. The highest BCUT2D eigenvalue weighted by molar-refractivity contribution is 9.10. The molecule has 1 aromatic carbocycles.